The summed E-state index contributed by atoms with van der Waals surface area (Å²) in [5.74, 6) is 1.61. The first-order valence-electron chi connectivity index (χ1n) is 8.22. The quantitative estimate of drug-likeness (QED) is 0.464. The highest BCUT2D eigenvalue weighted by Crippen LogP contribution is 2.33. The van der Waals surface area contributed by atoms with Crippen molar-refractivity contribution in [2.24, 2.45) is 0 Å². The molecule has 0 spiro atoms. The van der Waals surface area contributed by atoms with Gasteiger partial charge in [0.05, 0.1) is 0 Å². The van der Waals surface area contributed by atoms with E-state index in [-0.39, 0.29) is 6.04 Å². The smallest absolute Gasteiger partial charge is 0.127 e. The number of hydrogen-bond donors (Lipinski definition) is 1. The van der Waals surface area contributed by atoms with Gasteiger partial charge in [-0.1, -0.05) is 65.1 Å². The van der Waals surface area contributed by atoms with Crippen LogP contribution in [0.25, 0.3) is 0 Å². The zero-order valence-electron chi connectivity index (χ0n) is 14.2. The maximum atomic E-state index is 6.30. The average Bonchev–Trinajstić information content (AvgIpc) is 2.60. The summed E-state index contributed by atoms with van der Waals surface area (Å²) in [5, 5.41) is 5.09. The van der Waals surface area contributed by atoms with Crippen LogP contribution in [-0.2, 0) is 6.54 Å². The van der Waals surface area contributed by atoms with Crippen LogP contribution in [0.5, 0.6) is 11.5 Å². The van der Waals surface area contributed by atoms with Crippen molar-refractivity contribution in [1.29, 1.82) is 0 Å². The molecule has 0 radical (unpaired) electrons. The summed E-state index contributed by atoms with van der Waals surface area (Å²) in [6, 6.07) is 21.1. The second-order valence-electron chi connectivity index (χ2n) is 5.95. The van der Waals surface area contributed by atoms with Gasteiger partial charge in [0, 0.05) is 33.2 Å². The van der Waals surface area contributed by atoms with Crippen LogP contribution >= 0.6 is 34.8 Å². The Morgan fingerprint density at radius 1 is 0.846 bits per heavy atom. The van der Waals surface area contributed by atoms with Gasteiger partial charge in [0.15, 0.2) is 0 Å². The van der Waals surface area contributed by atoms with Gasteiger partial charge in [-0.15, -0.1) is 0 Å². The molecule has 1 unspecified atom stereocenters. The van der Waals surface area contributed by atoms with E-state index in [1.54, 1.807) is 12.1 Å². The van der Waals surface area contributed by atoms with Crippen LogP contribution in [0.4, 0.5) is 0 Å². The van der Waals surface area contributed by atoms with E-state index in [0.717, 1.165) is 22.6 Å². The highest BCUT2D eigenvalue weighted by molar-refractivity contribution is 6.39. The molecule has 3 aromatic carbocycles. The number of para-hydroxylation sites is 1. The average molecular weight is 407 g/mol. The molecule has 0 amide bonds. The van der Waals surface area contributed by atoms with E-state index < -0.39 is 0 Å². The molecular formula is C21H18Cl3NO. The lowest BCUT2D eigenvalue weighted by molar-refractivity contribution is 0.481. The summed E-state index contributed by atoms with van der Waals surface area (Å²) in [6.45, 7) is 2.67. The third kappa shape index (κ3) is 4.93. The summed E-state index contributed by atoms with van der Waals surface area (Å²) in [5.41, 5.74) is 1.95. The van der Waals surface area contributed by atoms with Crippen molar-refractivity contribution in [1.82, 2.24) is 5.32 Å². The maximum Gasteiger partial charge on any atom is 0.127 e. The lowest BCUT2D eigenvalue weighted by atomic mass is 10.1. The Morgan fingerprint density at radius 2 is 1.50 bits per heavy atom. The van der Waals surface area contributed by atoms with E-state index >= 15 is 0 Å². The molecule has 3 aromatic rings. The summed E-state index contributed by atoms with van der Waals surface area (Å²) < 4.78 is 5.88. The fourth-order valence-corrected chi connectivity index (χ4v) is 3.83. The highest BCUT2D eigenvalue weighted by Gasteiger charge is 2.14. The standard InChI is InChI=1S/C21H18Cl3NO/c1-14(21-19(23)11-16(22)12-20(21)24)25-13-15-6-5-9-18(10-15)26-17-7-3-2-4-8-17/h2-12,14,25H,13H2,1H3. The normalized spacial score (nSPS) is 12.0. The Labute approximate surface area is 168 Å². The predicted molar refractivity (Wildman–Crippen MR) is 110 cm³/mol. The third-order valence-corrected chi connectivity index (χ3v) is 4.81. The lowest BCUT2D eigenvalue weighted by Gasteiger charge is -2.18. The van der Waals surface area contributed by atoms with Crippen molar-refractivity contribution >= 4 is 34.8 Å². The number of halogens is 3. The molecule has 0 fully saturated rings. The van der Waals surface area contributed by atoms with Crippen molar-refractivity contribution in [3.8, 4) is 11.5 Å². The van der Waals surface area contributed by atoms with Crippen LogP contribution in [-0.4, -0.2) is 0 Å². The minimum Gasteiger partial charge on any atom is -0.457 e. The zero-order chi connectivity index (χ0) is 18.5. The number of nitrogens with one attached hydrogen (secondary N) is 1. The molecule has 0 aliphatic heterocycles. The second kappa shape index (κ2) is 8.79. The van der Waals surface area contributed by atoms with Gasteiger partial charge < -0.3 is 10.1 Å². The van der Waals surface area contributed by atoms with E-state index in [2.05, 4.69) is 5.32 Å². The van der Waals surface area contributed by atoms with Crippen LogP contribution in [0.15, 0.2) is 66.7 Å². The van der Waals surface area contributed by atoms with Crippen molar-refractivity contribution in [3.63, 3.8) is 0 Å². The molecule has 5 heteroatoms. The molecule has 1 atom stereocenters. The minimum atomic E-state index is -0.0223. The maximum absolute atomic E-state index is 6.30. The number of hydrogen-bond acceptors (Lipinski definition) is 2. The van der Waals surface area contributed by atoms with Crippen LogP contribution in [0.3, 0.4) is 0 Å². The molecule has 26 heavy (non-hydrogen) atoms. The molecular weight excluding hydrogens is 389 g/mol. The number of rotatable bonds is 6. The molecule has 2 nitrogen and oxygen atoms in total. The van der Waals surface area contributed by atoms with Crippen molar-refractivity contribution in [2.45, 2.75) is 19.5 Å². The number of benzene rings is 3. The van der Waals surface area contributed by atoms with Crippen LogP contribution in [0.2, 0.25) is 15.1 Å². The molecule has 1 N–H and O–H groups in total. The van der Waals surface area contributed by atoms with Gasteiger partial charge in [0.1, 0.15) is 11.5 Å². The third-order valence-electron chi connectivity index (χ3n) is 3.97. The molecule has 0 aromatic heterocycles. The van der Waals surface area contributed by atoms with E-state index in [1.165, 1.54) is 0 Å². The van der Waals surface area contributed by atoms with Gasteiger partial charge in [-0.05, 0) is 48.9 Å². The second-order valence-corrected chi connectivity index (χ2v) is 7.20. The van der Waals surface area contributed by atoms with Crippen molar-refractivity contribution in [3.05, 3.63) is 92.9 Å². The lowest BCUT2D eigenvalue weighted by Crippen LogP contribution is -2.18. The van der Waals surface area contributed by atoms with Gasteiger partial charge in [0.2, 0.25) is 0 Å². The first-order chi connectivity index (χ1) is 12.5. The topological polar surface area (TPSA) is 21.3 Å². The van der Waals surface area contributed by atoms with Crippen LogP contribution < -0.4 is 10.1 Å². The first kappa shape index (κ1) is 19.1. The fraction of sp³-hybridized carbons (Fsp3) is 0.143. The Kier molecular flexibility index (Phi) is 6.44. The van der Waals surface area contributed by atoms with Gasteiger partial charge >= 0.3 is 0 Å². The monoisotopic (exact) mass is 405 g/mol. The van der Waals surface area contributed by atoms with Crippen molar-refractivity contribution < 1.29 is 4.74 Å². The van der Waals surface area contributed by atoms with E-state index in [0.29, 0.717) is 21.6 Å². The van der Waals surface area contributed by atoms with Gasteiger partial charge in [-0.25, -0.2) is 0 Å². The van der Waals surface area contributed by atoms with Gasteiger partial charge in [0.25, 0.3) is 0 Å². The van der Waals surface area contributed by atoms with E-state index in [9.17, 15) is 0 Å². The van der Waals surface area contributed by atoms with Crippen LogP contribution in [0.1, 0.15) is 24.1 Å². The molecule has 134 valence electrons. The fourth-order valence-electron chi connectivity index (χ4n) is 2.68. The molecule has 3 rings (SSSR count). The van der Waals surface area contributed by atoms with E-state index in [1.807, 2.05) is 61.5 Å². The number of ether oxygens (including phenoxy) is 1. The Bertz CT molecular complexity index is 860. The Morgan fingerprint density at radius 3 is 2.19 bits per heavy atom. The summed E-state index contributed by atoms with van der Waals surface area (Å²) >= 11 is 18.6. The molecule has 0 aliphatic rings. The van der Waals surface area contributed by atoms with Crippen molar-refractivity contribution in [2.75, 3.05) is 0 Å². The SMILES string of the molecule is CC(NCc1cccc(Oc2ccccc2)c1)c1c(Cl)cc(Cl)cc1Cl. The molecule has 0 bridgehead atoms. The molecule has 0 saturated heterocycles. The minimum absolute atomic E-state index is 0.0223. The largest absolute Gasteiger partial charge is 0.457 e. The predicted octanol–water partition coefficient (Wildman–Crippen LogP) is 7.29. The molecule has 0 heterocycles. The molecule has 0 aliphatic carbocycles. The zero-order valence-corrected chi connectivity index (χ0v) is 16.4. The van der Waals surface area contributed by atoms with E-state index in [4.69, 9.17) is 39.5 Å². The summed E-state index contributed by atoms with van der Waals surface area (Å²) in [7, 11) is 0. The van der Waals surface area contributed by atoms with Crippen LogP contribution in [0, 0.1) is 0 Å². The Hall–Kier alpha value is -1.71. The summed E-state index contributed by atoms with van der Waals surface area (Å²) in [6.07, 6.45) is 0. The summed E-state index contributed by atoms with van der Waals surface area (Å²) in [4.78, 5) is 0. The highest BCUT2D eigenvalue weighted by atomic mass is 35.5. The Balaban J connectivity index is 1.67. The van der Waals surface area contributed by atoms with Gasteiger partial charge in [-0.3, -0.25) is 0 Å². The molecule has 0 saturated carbocycles. The van der Waals surface area contributed by atoms with Gasteiger partial charge in [-0.2, -0.15) is 0 Å². The first-order valence-corrected chi connectivity index (χ1v) is 9.36.